The molecule has 0 unspecified atom stereocenters. The van der Waals surface area contributed by atoms with E-state index in [0.717, 1.165) is 6.42 Å². The van der Waals surface area contributed by atoms with Crippen molar-refractivity contribution in [2.45, 2.75) is 52.2 Å². The van der Waals surface area contributed by atoms with Crippen molar-refractivity contribution < 1.29 is 18.7 Å². The smallest absolute Gasteiger partial charge is 0.408 e. The molecule has 6 nitrogen and oxygen atoms in total. The van der Waals surface area contributed by atoms with Gasteiger partial charge in [-0.15, -0.1) is 0 Å². The van der Waals surface area contributed by atoms with E-state index in [1.54, 1.807) is 26.8 Å². The Balaban J connectivity index is 2.93. The highest BCUT2D eigenvalue weighted by molar-refractivity contribution is 5.68. The second kappa shape index (κ2) is 7.15. The fourth-order valence-corrected chi connectivity index (χ4v) is 1.79. The van der Waals surface area contributed by atoms with Crippen LogP contribution < -0.4 is 15.7 Å². The van der Waals surface area contributed by atoms with Crippen LogP contribution in [0.25, 0.3) is 0 Å². The van der Waals surface area contributed by atoms with Crippen LogP contribution in [0.5, 0.6) is 5.75 Å². The number of hydrogen-bond donors (Lipinski definition) is 1. The summed E-state index contributed by atoms with van der Waals surface area (Å²) < 4.78 is 15.4. The van der Waals surface area contributed by atoms with Crippen LogP contribution in [0.2, 0.25) is 0 Å². The minimum atomic E-state index is -0.587. The van der Waals surface area contributed by atoms with Crippen molar-refractivity contribution in [3.8, 4) is 5.75 Å². The lowest BCUT2D eigenvalue weighted by molar-refractivity contribution is 0.0493. The van der Waals surface area contributed by atoms with E-state index in [4.69, 9.17) is 13.9 Å². The average molecular weight is 297 g/mol. The molecule has 1 aromatic heterocycles. The summed E-state index contributed by atoms with van der Waals surface area (Å²) in [5.74, 6) is 0.750. The van der Waals surface area contributed by atoms with Crippen molar-refractivity contribution in [1.29, 1.82) is 0 Å². The molecule has 0 spiro atoms. The highest BCUT2D eigenvalue weighted by atomic mass is 16.6. The molecule has 0 bridgehead atoms. The van der Waals surface area contributed by atoms with Gasteiger partial charge in [0, 0.05) is 6.07 Å². The summed E-state index contributed by atoms with van der Waals surface area (Å²) in [4.78, 5) is 23.4. The molecule has 0 aliphatic rings. The van der Waals surface area contributed by atoms with Crippen LogP contribution in [0.1, 0.15) is 52.3 Å². The summed E-state index contributed by atoms with van der Waals surface area (Å²) in [6, 6.07) is 2.41. The lowest BCUT2D eigenvalue weighted by Crippen LogP contribution is -2.35. The second-order valence-corrected chi connectivity index (χ2v) is 5.71. The Morgan fingerprint density at radius 3 is 2.57 bits per heavy atom. The van der Waals surface area contributed by atoms with Crippen molar-refractivity contribution in [3.05, 3.63) is 28.3 Å². The molecule has 1 atom stereocenters. The van der Waals surface area contributed by atoms with Crippen molar-refractivity contribution >= 4 is 6.09 Å². The number of carbonyl (C=O) groups excluding carboxylic acids is 1. The van der Waals surface area contributed by atoms with Crippen LogP contribution in [0.15, 0.2) is 21.3 Å². The first-order valence-electron chi connectivity index (χ1n) is 6.93. The summed E-state index contributed by atoms with van der Waals surface area (Å²) in [7, 11) is 1.47. The lowest BCUT2D eigenvalue weighted by atomic mass is 10.1. The predicted octanol–water partition coefficient (Wildman–Crippen LogP) is 3.01. The predicted molar refractivity (Wildman–Crippen MR) is 78.5 cm³/mol. The van der Waals surface area contributed by atoms with E-state index >= 15 is 0 Å². The Morgan fingerprint density at radius 2 is 2.05 bits per heavy atom. The lowest BCUT2D eigenvalue weighted by Gasteiger charge is -2.23. The first-order chi connectivity index (χ1) is 9.75. The molecule has 0 aliphatic carbocycles. The third kappa shape index (κ3) is 5.89. The largest absolute Gasteiger partial charge is 0.496 e. The molecule has 1 amide bonds. The minimum absolute atomic E-state index is 0.354. The van der Waals surface area contributed by atoms with Crippen molar-refractivity contribution in [3.63, 3.8) is 0 Å². The summed E-state index contributed by atoms with van der Waals surface area (Å²) >= 11 is 0. The number of methoxy groups -OCH3 is 1. The molecular weight excluding hydrogens is 274 g/mol. The summed E-state index contributed by atoms with van der Waals surface area (Å²) in [5.41, 5.74) is -1.10. The zero-order valence-electron chi connectivity index (χ0n) is 13.2. The van der Waals surface area contributed by atoms with E-state index in [1.807, 2.05) is 6.92 Å². The maximum Gasteiger partial charge on any atom is 0.408 e. The van der Waals surface area contributed by atoms with E-state index in [2.05, 4.69) is 5.32 Å². The zero-order chi connectivity index (χ0) is 16.0. The van der Waals surface area contributed by atoms with E-state index in [9.17, 15) is 9.59 Å². The van der Waals surface area contributed by atoms with E-state index < -0.39 is 23.4 Å². The molecule has 1 N–H and O–H groups in total. The fraction of sp³-hybridized carbons (Fsp3) is 0.600. The van der Waals surface area contributed by atoms with Gasteiger partial charge in [-0.2, -0.15) is 0 Å². The third-order valence-corrected chi connectivity index (χ3v) is 2.61. The van der Waals surface area contributed by atoms with Gasteiger partial charge in [0.05, 0.1) is 19.2 Å². The highest BCUT2D eigenvalue weighted by Crippen LogP contribution is 2.21. The highest BCUT2D eigenvalue weighted by Gasteiger charge is 2.22. The van der Waals surface area contributed by atoms with Gasteiger partial charge in [-0.05, 0) is 27.2 Å². The van der Waals surface area contributed by atoms with Gasteiger partial charge in [0.1, 0.15) is 17.1 Å². The third-order valence-electron chi connectivity index (χ3n) is 2.61. The molecule has 0 aliphatic heterocycles. The number of rotatable bonds is 5. The Hall–Kier alpha value is -1.98. The molecular formula is C15H23NO5. The molecule has 6 heteroatoms. The summed E-state index contributed by atoms with van der Waals surface area (Å²) in [6.07, 6.45) is 0.878. The Labute approximate surface area is 124 Å². The van der Waals surface area contributed by atoms with Crippen LogP contribution in [0.4, 0.5) is 4.79 Å². The van der Waals surface area contributed by atoms with Gasteiger partial charge >= 0.3 is 11.7 Å². The average Bonchev–Trinajstić information content (AvgIpc) is 2.35. The van der Waals surface area contributed by atoms with Crippen molar-refractivity contribution in [2.24, 2.45) is 0 Å². The van der Waals surface area contributed by atoms with Crippen LogP contribution >= 0.6 is 0 Å². The van der Waals surface area contributed by atoms with Gasteiger partial charge in [0.15, 0.2) is 0 Å². The minimum Gasteiger partial charge on any atom is -0.496 e. The Kier molecular flexibility index (Phi) is 5.81. The molecule has 1 aromatic rings. The molecule has 0 saturated carbocycles. The maximum absolute atomic E-state index is 11.9. The molecule has 0 fully saturated rings. The van der Waals surface area contributed by atoms with Gasteiger partial charge < -0.3 is 19.2 Å². The second-order valence-electron chi connectivity index (χ2n) is 5.71. The van der Waals surface area contributed by atoms with E-state index in [0.29, 0.717) is 17.9 Å². The molecule has 0 aromatic carbocycles. The monoisotopic (exact) mass is 297 g/mol. The van der Waals surface area contributed by atoms with Gasteiger partial charge in [-0.1, -0.05) is 13.3 Å². The molecule has 21 heavy (non-hydrogen) atoms. The Bertz CT molecular complexity index is 530. The van der Waals surface area contributed by atoms with Crippen molar-refractivity contribution in [1.82, 2.24) is 5.32 Å². The summed E-state index contributed by atoms with van der Waals surface area (Å²) in [6.45, 7) is 7.33. The van der Waals surface area contributed by atoms with E-state index in [-0.39, 0.29) is 0 Å². The normalized spacial score (nSPS) is 12.6. The number of nitrogens with one attached hydrogen (secondary N) is 1. The van der Waals surface area contributed by atoms with Gasteiger partial charge in [0.25, 0.3) is 0 Å². The van der Waals surface area contributed by atoms with Crippen molar-refractivity contribution in [2.75, 3.05) is 7.11 Å². The quantitative estimate of drug-likeness (QED) is 0.904. The molecule has 0 radical (unpaired) electrons. The number of alkyl carbamates (subject to hydrolysis) is 1. The standard InChI is InChI=1S/C15H23NO5/c1-6-7-11(16-14(18)21-15(2,3)4)12-8-10(19-5)9-13(17)20-12/h8-9,11H,6-7H2,1-5H3,(H,16,18)/t11-/m0/s1. The van der Waals surface area contributed by atoms with Gasteiger partial charge in [-0.3, -0.25) is 0 Å². The van der Waals surface area contributed by atoms with Gasteiger partial charge in [-0.25, -0.2) is 9.59 Å². The maximum atomic E-state index is 11.9. The van der Waals surface area contributed by atoms with E-state index in [1.165, 1.54) is 13.2 Å². The van der Waals surface area contributed by atoms with Crippen LogP contribution in [-0.2, 0) is 4.74 Å². The molecule has 118 valence electrons. The van der Waals surface area contributed by atoms with Crippen LogP contribution in [0, 0.1) is 0 Å². The molecule has 1 rings (SSSR count). The number of ether oxygens (including phenoxy) is 2. The Morgan fingerprint density at radius 1 is 1.38 bits per heavy atom. The number of carbonyl (C=O) groups is 1. The molecule has 0 saturated heterocycles. The van der Waals surface area contributed by atoms with Crippen LogP contribution in [0.3, 0.4) is 0 Å². The zero-order valence-corrected chi connectivity index (χ0v) is 13.2. The number of amides is 1. The first-order valence-corrected chi connectivity index (χ1v) is 6.93. The number of hydrogen-bond acceptors (Lipinski definition) is 5. The first kappa shape index (κ1) is 17.1. The van der Waals surface area contributed by atoms with Gasteiger partial charge in [0.2, 0.25) is 0 Å². The fourth-order valence-electron chi connectivity index (χ4n) is 1.79. The molecule has 1 heterocycles. The SMILES string of the molecule is CCC[C@H](NC(=O)OC(C)(C)C)c1cc(OC)cc(=O)o1. The summed E-state index contributed by atoms with van der Waals surface area (Å²) in [5, 5.41) is 2.72. The van der Waals surface area contributed by atoms with Crippen LogP contribution in [-0.4, -0.2) is 18.8 Å². The topological polar surface area (TPSA) is 77.8 Å².